The van der Waals surface area contributed by atoms with Gasteiger partial charge in [-0.25, -0.2) is 0 Å². The average Bonchev–Trinajstić information content (AvgIpc) is 3.25. The van der Waals surface area contributed by atoms with Crippen LogP contribution in [0.25, 0.3) is 11.4 Å². The van der Waals surface area contributed by atoms with Crippen molar-refractivity contribution in [1.29, 1.82) is 0 Å². The van der Waals surface area contributed by atoms with E-state index < -0.39 is 0 Å². The number of aromatic nitrogens is 4. The summed E-state index contributed by atoms with van der Waals surface area (Å²) in [4.78, 5) is 21.4. The normalized spacial score (nSPS) is 11.5. The Morgan fingerprint density at radius 1 is 1.12 bits per heavy atom. The second kappa shape index (κ2) is 11.0. The Balaban J connectivity index is 1.50. The summed E-state index contributed by atoms with van der Waals surface area (Å²) >= 11 is 5.29. The molecule has 1 N–H and O–H groups in total. The molecular formula is C23H29N5O3S. The van der Waals surface area contributed by atoms with E-state index in [0.717, 1.165) is 24.8 Å². The van der Waals surface area contributed by atoms with Gasteiger partial charge in [-0.05, 0) is 45.8 Å². The fraction of sp³-hybridized carbons (Fsp3) is 0.435. The first-order valence-electron chi connectivity index (χ1n) is 10.9. The smallest absolute Gasteiger partial charge is 0.267 e. The summed E-state index contributed by atoms with van der Waals surface area (Å²) in [6.45, 7) is 7.24. The fourth-order valence-corrected chi connectivity index (χ4v) is 3.80. The predicted octanol–water partition coefficient (Wildman–Crippen LogP) is 4.32. The van der Waals surface area contributed by atoms with E-state index >= 15 is 0 Å². The van der Waals surface area contributed by atoms with Crippen molar-refractivity contribution < 1.29 is 9.63 Å². The van der Waals surface area contributed by atoms with Crippen molar-refractivity contribution in [1.82, 2.24) is 19.3 Å². The van der Waals surface area contributed by atoms with Gasteiger partial charge in [0.2, 0.25) is 17.6 Å². The van der Waals surface area contributed by atoms with Gasteiger partial charge in [0.25, 0.3) is 5.56 Å². The predicted molar refractivity (Wildman–Crippen MR) is 127 cm³/mol. The molecule has 1 aromatic carbocycles. The van der Waals surface area contributed by atoms with Crippen LogP contribution < -0.4 is 5.56 Å². The number of nitrogens with zero attached hydrogens (tertiary/aromatic N) is 5. The van der Waals surface area contributed by atoms with E-state index in [4.69, 9.17) is 16.7 Å². The van der Waals surface area contributed by atoms with Crippen LogP contribution in [0.3, 0.4) is 0 Å². The van der Waals surface area contributed by atoms with Crippen LogP contribution in [0.4, 0.5) is 0 Å². The summed E-state index contributed by atoms with van der Waals surface area (Å²) in [6.07, 6.45) is 4.85. The molecule has 3 aromatic rings. The van der Waals surface area contributed by atoms with Crippen LogP contribution in [0.1, 0.15) is 50.1 Å². The van der Waals surface area contributed by atoms with Crippen LogP contribution >= 0.6 is 12.2 Å². The highest BCUT2D eigenvalue weighted by atomic mass is 32.1. The number of hydrogen-bond acceptors (Lipinski definition) is 7. The Labute approximate surface area is 192 Å². The van der Waals surface area contributed by atoms with Gasteiger partial charge in [-0.15, -0.1) is 0 Å². The first-order valence-corrected chi connectivity index (χ1v) is 11.3. The summed E-state index contributed by atoms with van der Waals surface area (Å²) in [5.41, 5.74) is 1.99. The van der Waals surface area contributed by atoms with Crippen molar-refractivity contribution in [3.8, 4) is 17.3 Å². The van der Waals surface area contributed by atoms with Crippen molar-refractivity contribution in [2.45, 2.75) is 59.5 Å². The molecule has 0 fully saturated rings. The molecule has 0 aliphatic heterocycles. The molecule has 0 bridgehead atoms. The third-order valence-electron chi connectivity index (χ3n) is 5.24. The summed E-state index contributed by atoms with van der Waals surface area (Å²) in [6, 6.07) is 8.02. The molecule has 0 aliphatic rings. The number of unbranched alkanes of at least 4 members (excludes halogenated alkanes) is 2. The zero-order chi connectivity index (χ0) is 23.1. The van der Waals surface area contributed by atoms with E-state index in [1.165, 1.54) is 20.9 Å². The largest absolute Gasteiger partial charge is 0.494 e. The van der Waals surface area contributed by atoms with Crippen molar-refractivity contribution in [2.24, 2.45) is 4.99 Å². The first kappa shape index (κ1) is 23.6. The van der Waals surface area contributed by atoms with Crippen molar-refractivity contribution in [2.75, 3.05) is 6.54 Å². The highest BCUT2D eigenvalue weighted by molar-refractivity contribution is 7.71. The van der Waals surface area contributed by atoms with Crippen molar-refractivity contribution in [3.63, 3.8) is 0 Å². The zero-order valence-corrected chi connectivity index (χ0v) is 19.6. The molecule has 0 saturated carbocycles. The molecule has 9 heteroatoms. The molecule has 0 atom stereocenters. The standard InChI is InChI=1S/C23H29N5O3S/c1-4-27-21(29)18(22(30)28(5-2)23(27)32)15-24-14-8-6-7-9-19-25-20(26-31-19)17-12-10-16(3)11-13-17/h10-13,15,29H,4-9,14H2,1-3H3. The van der Waals surface area contributed by atoms with E-state index in [1.807, 2.05) is 45.0 Å². The zero-order valence-electron chi connectivity index (χ0n) is 18.7. The quantitative estimate of drug-likeness (QED) is 0.278. The Morgan fingerprint density at radius 3 is 2.53 bits per heavy atom. The summed E-state index contributed by atoms with van der Waals surface area (Å²) in [5, 5.41) is 14.5. The van der Waals surface area contributed by atoms with Gasteiger partial charge in [0.1, 0.15) is 5.56 Å². The monoisotopic (exact) mass is 455 g/mol. The number of aliphatic imine (C=N–C) groups is 1. The van der Waals surface area contributed by atoms with Gasteiger partial charge in [0.05, 0.1) is 0 Å². The SMILES string of the molecule is CCn1c(O)c(C=NCCCCCc2nc(-c3ccc(C)cc3)no2)c(=O)n(CC)c1=S. The van der Waals surface area contributed by atoms with Crippen LogP contribution in [0.15, 0.2) is 38.6 Å². The summed E-state index contributed by atoms with van der Waals surface area (Å²) in [7, 11) is 0. The molecule has 0 aliphatic carbocycles. The maximum atomic E-state index is 12.6. The molecule has 8 nitrogen and oxygen atoms in total. The second-order valence-electron chi connectivity index (χ2n) is 7.54. The van der Waals surface area contributed by atoms with E-state index in [9.17, 15) is 9.90 Å². The Bertz CT molecular complexity index is 1190. The van der Waals surface area contributed by atoms with Gasteiger partial charge in [-0.3, -0.25) is 18.9 Å². The minimum absolute atomic E-state index is 0.128. The van der Waals surface area contributed by atoms with Crippen LogP contribution in [0.5, 0.6) is 5.88 Å². The molecule has 0 saturated heterocycles. The highest BCUT2D eigenvalue weighted by Crippen LogP contribution is 2.17. The number of aromatic hydroxyl groups is 1. The Hall–Kier alpha value is -3.07. The summed E-state index contributed by atoms with van der Waals surface area (Å²) < 4.78 is 8.67. The Kier molecular flexibility index (Phi) is 8.10. The van der Waals surface area contributed by atoms with Gasteiger partial charge in [0, 0.05) is 37.8 Å². The maximum Gasteiger partial charge on any atom is 0.267 e. The van der Waals surface area contributed by atoms with Crippen LogP contribution in [-0.4, -0.2) is 37.1 Å². The fourth-order valence-electron chi connectivity index (χ4n) is 3.37. The minimum Gasteiger partial charge on any atom is -0.494 e. The number of hydrogen-bond donors (Lipinski definition) is 1. The van der Waals surface area contributed by atoms with Gasteiger partial charge in [-0.1, -0.05) is 41.4 Å². The lowest BCUT2D eigenvalue weighted by molar-refractivity contribution is 0.374. The highest BCUT2D eigenvalue weighted by Gasteiger charge is 2.13. The van der Waals surface area contributed by atoms with E-state index in [0.29, 0.717) is 42.5 Å². The minimum atomic E-state index is -0.316. The molecule has 32 heavy (non-hydrogen) atoms. The van der Waals surface area contributed by atoms with Crippen LogP contribution in [-0.2, 0) is 19.5 Å². The Morgan fingerprint density at radius 2 is 1.84 bits per heavy atom. The third-order valence-corrected chi connectivity index (χ3v) is 5.68. The molecule has 170 valence electrons. The van der Waals surface area contributed by atoms with E-state index in [2.05, 4.69) is 15.1 Å². The number of aryl methyl sites for hydroxylation is 2. The lowest BCUT2D eigenvalue weighted by Crippen LogP contribution is -2.28. The molecule has 0 radical (unpaired) electrons. The molecule has 2 aromatic heterocycles. The number of rotatable bonds is 10. The van der Waals surface area contributed by atoms with E-state index in [1.54, 1.807) is 0 Å². The average molecular weight is 456 g/mol. The lowest BCUT2D eigenvalue weighted by atomic mass is 10.1. The van der Waals surface area contributed by atoms with Gasteiger partial charge < -0.3 is 9.63 Å². The van der Waals surface area contributed by atoms with Gasteiger partial charge in [-0.2, -0.15) is 4.98 Å². The van der Waals surface area contributed by atoms with Crippen molar-refractivity contribution in [3.05, 3.63) is 56.4 Å². The van der Waals surface area contributed by atoms with E-state index in [-0.39, 0.29) is 17.0 Å². The van der Waals surface area contributed by atoms with Gasteiger partial charge >= 0.3 is 0 Å². The molecule has 3 rings (SSSR count). The van der Waals surface area contributed by atoms with Crippen molar-refractivity contribution >= 4 is 18.4 Å². The molecule has 2 heterocycles. The molecule has 0 unspecified atom stereocenters. The number of benzene rings is 1. The lowest BCUT2D eigenvalue weighted by Gasteiger charge is -2.13. The maximum absolute atomic E-state index is 12.6. The summed E-state index contributed by atoms with van der Waals surface area (Å²) in [5.74, 6) is 1.11. The topological polar surface area (TPSA) is 98.4 Å². The van der Waals surface area contributed by atoms with Crippen LogP contribution in [0, 0.1) is 11.7 Å². The van der Waals surface area contributed by atoms with Crippen LogP contribution in [0.2, 0.25) is 0 Å². The molecular weight excluding hydrogens is 426 g/mol. The van der Waals surface area contributed by atoms with Gasteiger partial charge in [0.15, 0.2) is 4.77 Å². The first-order chi connectivity index (χ1) is 15.5. The second-order valence-corrected chi connectivity index (χ2v) is 7.90. The molecule has 0 spiro atoms. The molecule has 0 amide bonds. The third kappa shape index (κ3) is 5.40.